The molecule has 8 heteroatoms. The highest BCUT2D eigenvalue weighted by Gasteiger charge is 2.17. The summed E-state index contributed by atoms with van der Waals surface area (Å²) in [5.41, 5.74) is 0.138. The summed E-state index contributed by atoms with van der Waals surface area (Å²) in [6, 6.07) is 0. The normalized spacial score (nSPS) is 10.3. The van der Waals surface area contributed by atoms with Gasteiger partial charge in [-0.2, -0.15) is 0 Å². The van der Waals surface area contributed by atoms with Crippen molar-refractivity contribution in [2.75, 3.05) is 0 Å². The van der Waals surface area contributed by atoms with Crippen LogP contribution in [0.3, 0.4) is 0 Å². The van der Waals surface area contributed by atoms with E-state index in [-0.39, 0.29) is 23.1 Å². The fourth-order valence-electron chi connectivity index (χ4n) is 1.15. The lowest BCUT2D eigenvalue weighted by Crippen LogP contribution is -2.01. The standard InChI is InChI=1S/C8H5ClN4O2S/c9-8-11-4-6(13(14)15)5(12-8)3-7-10-1-2-16-7/h1-2,4H,3H2. The number of aromatic nitrogens is 3. The summed E-state index contributed by atoms with van der Waals surface area (Å²) in [7, 11) is 0. The molecule has 6 nitrogen and oxygen atoms in total. The van der Waals surface area contributed by atoms with E-state index in [0.29, 0.717) is 0 Å². The van der Waals surface area contributed by atoms with Gasteiger partial charge in [-0.05, 0) is 11.6 Å². The number of hydrogen-bond donors (Lipinski definition) is 0. The number of nitrogens with zero attached hydrogens (tertiary/aromatic N) is 4. The minimum atomic E-state index is -0.529. The maximum atomic E-state index is 10.7. The Bertz CT molecular complexity index is 517. The van der Waals surface area contributed by atoms with Crippen molar-refractivity contribution in [3.8, 4) is 0 Å². The second kappa shape index (κ2) is 4.50. The highest BCUT2D eigenvalue weighted by Crippen LogP contribution is 2.20. The van der Waals surface area contributed by atoms with Crippen molar-refractivity contribution in [3.05, 3.63) is 43.9 Å². The zero-order valence-electron chi connectivity index (χ0n) is 7.83. The predicted octanol–water partition coefficient (Wildman–Crippen LogP) is 2.09. The minimum Gasteiger partial charge on any atom is -0.258 e. The molecular formula is C8H5ClN4O2S. The SMILES string of the molecule is O=[N+]([O-])c1cnc(Cl)nc1Cc1nccs1. The molecular weight excluding hydrogens is 252 g/mol. The average molecular weight is 257 g/mol. The van der Waals surface area contributed by atoms with Crippen LogP contribution in [0.1, 0.15) is 10.7 Å². The lowest BCUT2D eigenvalue weighted by Gasteiger charge is -1.99. The van der Waals surface area contributed by atoms with Crippen LogP contribution in [0.25, 0.3) is 0 Å². The van der Waals surface area contributed by atoms with Gasteiger partial charge in [-0.15, -0.1) is 11.3 Å². The predicted molar refractivity (Wildman–Crippen MR) is 58.6 cm³/mol. The molecule has 0 atom stereocenters. The van der Waals surface area contributed by atoms with Crippen LogP contribution in [-0.4, -0.2) is 19.9 Å². The van der Waals surface area contributed by atoms with E-state index in [0.717, 1.165) is 11.2 Å². The molecule has 0 aliphatic carbocycles. The van der Waals surface area contributed by atoms with Crippen molar-refractivity contribution in [2.45, 2.75) is 6.42 Å². The maximum absolute atomic E-state index is 10.7. The summed E-state index contributed by atoms with van der Waals surface area (Å²) in [5.74, 6) is 0. The topological polar surface area (TPSA) is 81.8 Å². The van der Waals surface area contributed by atoms with Crippen LogP contribution >= 0.6 is 22.9 Å². The molecule has 0 spiro atoms. The van der Waals surface area contributed by atoms with Crippen LogP contribution in [0.2, 0.25) is 5.28 Å². The smallest absolute Gasteiger partial charge is 0.258 e. The first-order chi connectivity index (χ1) is 7.66. The van der Waals surface area contributed by atoms with E-state index in [4.69, 9.17) is 11.6 Å². The first kappa shape index (κ1) is 10.9. The van der Waals surface area contributed by atoms with Crippen molar-refractivity contribution in [1.82, 2.24) is 15.0 Å². The third-order valence-electron chi connectivity index (χ3n) is 1.82. The molecule has 2 aromatic heterocycles. The Morgan fingerprint density at radius 3 is 2.94 bits per heavy atom. The summed E-state index contributed by atoms with van der Waals surface area (Å²) in [4.78, 5) is 21.7. The molecule has 0 unspecified atom stereocenters. The second-order valence-corrected chi connectivity index (χ2v) is 4.15. The van der Waals surface area contributed by atoms with Crippen molar-refractivity contribution in [2.24, 2.45) is 0 Å². The van der Waals surface area contributed by atoms with Gasteiger partial charge in [-0.25, -0.2) is 15.0 Å². The summed E-state index contributed by atoms with van der Waals surface area (Å²) < 4.78 is 0. The van der Waals surface area contributed by atoms with Gasteiger partial charge in [-0.3, -0.25) is 10.1 Å². The molecule has 0 aliphatic heterocycles. The molecule has 0 saturated carbocycles. The van der Waals surface area contributed by atoms with Crippen LogP contribution in [0.4, 0.5) is 5.69 Å². The van der Waals surface area contributed by atoms with Gasteiger partial charge in [0.15, 0.2) is 0 Å². The van der Waals surface area contributed by atoms with Crippen LogP contribution in [0.15, 0.2) is 17.8 Å². The van der Waals surface area contributed by atoms with E-state index in [1.807, 2.05) is 0 Å². The molecule has 0 N–H and O–H groups in total. The maximum Gasteiger partial charge on any atom is 0.309 e. The van der Waals surface area contributed by atoms with E-state index in [1.54, 1.807) is 11.6 Å². The monoisotopic (exact) mass is 256 g/mol. The Morgan fingerprint density at radius 2 is 2.31 bits per heavy atom. The lowest BCUT2D eigenvalue weighted by molar-refractivity contribution is -0.386. The Hall–Kier alpha value is -1.60. The molecule has 0 bridgehead atoms. The van der Waals surface area contributed by atoms with E-state index in [1.165, 1.54) is 11.3 Å². The molecule has 16 heavy (non-hydrogen) atoms. The van der Waals surface area contributed by atoms with Crippen molar-refractivity contribution < 1.29 is 4.92 Å². The van der Waals surface area contributed by atoms with Crippen LogP contribution in [0.5, 0.6) is 0 Å². The molecule has 2 aromatic rings. The van der Waals surface area contributed by atoms with E-state index < -0.39 is 4.92 Å². The molecule has 82 valence electrons. The van der Waals surface area contributed by atoms with E-state index in [9.17, 15) is 10.1 Å². The van der Waals surface area contributed by atoms with Crippen molar-refractivity contribution >= 4 is 28.6 Å². The fourth-order valence-corrected chi connectivity index (χ4v) is 1.92. The molecule has 0 radical (unpaired) electrons. The van der Waals surface area contributed by atoms with Gasteiger partial charge in [0.1, 0.15) is 11.9 Å². The highest BCUT2D eigenvalue weighted by atomic mass is 35.5. The number of thiazole rings is 1. The van der Waals surface area contributed by atoms with E-state index in [2.05, 4.69) is 15.0 Å². The Kier molecular flexibility index (Phi) is 3.07. The number of nitro groups is 1. The second-order valence-electron chi connectivity index (χ2n) is 2.83. The summed E-state index contributed by atoms with van der Waals surface area (Å²) in [6.45, 7) is 0. The van der Waals surface area contributed by atoms with Gasteiger partial charge in [0.25, 0.3) is 0 Å². The first-order valence-electron chi connectivity index (χ1n) is 4.21. The van der Waals surface area contributed by atoms with E-state index >= 15 is 0 Å². The highest BCUT2D eigenvalue weighted by molar-refractivity contribution is 7.09. The largest absolute Gasteiger partial charge is 0.309 e. The number of hydrogen-bond acceptors (Lipinski definition) is 6. The van der Waals surface area contributed by atoms with Gasteiger partial charge in [0.05, 0.1) is 9.93 Å². The number of rotatable bonds is 3. The first-order valence-corrected chi connectivity index (χ1v) is 5.47. The van der Waals surface area contributed by atoms with Crippen LogP contribution in [-0.2, 0) is 6.42 Å². The quantitative estimate of drug-likeness (QED) is 0.477. The fraction of sp³-hybridized carbons (Fsp3) is 0.125. The van der Waals surface area contributed by atoms with Gasteiger partial charge >= 0.3 is 5.69 Å². The molecule has 0 aromatic carbocycles. The van der Waals surface area contributed by atoms with Crippen molar-refractivity contribution in [3.63, 3.8) is 0 Å². The minimum absolute atomic E-state index is 0.00263. The van der Waals surface area contributed by atoms with Gasteiger partial charge in [0.2, 0.25) is 5.28 Å². The molecule has 0 fully saturated rings. The molecule has 2 heterocycles. The Labute approximate surface area is 99.1 Å². The Morgan fingerprint density at radius 1 is 1.50 bits per heavy atom. The zero-order valence-corrected chi connectivity index (χ0v) is 9.40. The molecule has 0 amide bonds. The third kappa shape index (κ3) is 2.31. The van der Waals surface area contributed by atoms with Crippen molar-refractivity contribution in [1.29, 1.82) is 0 Å². The third-order valence-corrected chi connectivity index (χ3v) is 2.78. The molecule has 0 saturated heterocycles. The van der Waals surface area contributed by atoms with Gasteiger partial charge < -0.3 is 0 Å². The summed E-state index contributed by atoms with van der Waals surface area (Å²) >= 11 is 7.01. The van der Waals surface area contributed by atoms with Gasteiger partial charge in [0, 0.05) is 18.0 Å². The van der Waals surface area contributed by atoms with Crippen LogP contribution < -0.4 is 0 Å². The Balaban J connectivity index is 2.38. The zero-order chi connectivity index (χ0) is 11.5. The van der Waals surface area contributed by atoms with Crippen LogP contribution in [0, 0.1) is 10.1 Å². The lowest BCUT2D eigenvalue weighted by atomic mass is 10.3. The molecule has 2 rings (SSSR count). The summed E-state index contributed by atoms with van der Waals surface area (Å²) in [6.07, 6.45) is 3.03. The average Bonchev–Trinajstić information content (AvgIpc) is 2.70. The molecule has 0 aliphatic rings. The summed E-state index contributed by atoms with van der Waals surface area (Å²) in [5, 5.41) is 13.3. The van der Waals surface area contributed by atoms with Gasteiger partial charge in [-0.1, -0.05) is 0 Å². The number of halogens is 1.